The number of hydrogen-bond donors (Lipinski definition) is 1. The monoisotopic (exact) mass is 434 g/mol. The second-order valence-corrected chi connectivity index (χ2v) is 7.27. The first-order chi connectivity index (χ1) is 13.4. The van der Waals surface area contributed by atoms with Gasteiger partial charge in [-0.3, -0.25) is 4.79 Å². The van der Waals surface area contributed by atoms with E-state index in [4.69, 9.17) is 34.8 Å². The average Bonchev–Trinajstić information content (AvgIpc) is 2.62. The van der Waals surface area contributed by atoms with E-state index in [-0.39, 0.29) is 26.3 Å². The van der Waals surface area contributed by atoms with Crippen molar-refractivity contribution in [3.8, 4) is 22.4 Å². The van der Waals surface area contributed by atoms with Crippen LogP contribution in [0.4, 0.5) is 4.39 Å². The van der Waals surface area contributed by atoms with E-state index in [0.29, 0.717) is 26.8 Å². The zero-order valence-corrected chi connectivity index (χ0v) is 16.2. The van der Waals surface area contributed by atoms with Gasteiger partial charge in [0.1, 0.15) is 11.3 Å². The SMILES string of the molecule is O=c1cc(-c2ccc(F)cc2Cl)c2cc[n+]([O-])c(-c3c(Cl)cccc3Cl)c2[nH]1. The van der Waals surface area contributed by atoms with Crippen LogP contribution in [0.25, 0.3) is 33.3 Å². The predicted octanol–water partition coefficient (Wildman–Crippen LogP) is 5.59. The van der Waals surface area contributed by atoms with Crippen LogP contribution in [0.2, 0.25) is 15.1 Å². The highest BCUT2D eigenvalue weighted by atomic mass is 35.5. The summed E-state index contributed by atoms with van der Waals surface area (Å²) in [6.45, 7) is 0. The molecule has 0 saturated carbocycles. The quantitative estimate of drug-likeness (QED) is 0.329. The summed E-state index contributed by atoms with van der Waals surface area (Å²) in [5.74, 6) is -0.496. The molecule has 0 aliphatic carbocycles. The van der Waals surface area contributed by atoms with Crippen molar-refractivity contribution in [1.29, 1.82) is 0 Å². The number of aromatic nitrogens is 2. The predicted molar refractivity (Wildman–Crippen MR) is 109 cm³/mol. The molecule has 0 spiro atoms. The fourth-order valence-electron chi connectivity index (χ4n) is 3.15. The topological polar surface area (TPSA) is 59.8 Å². The Hall–Kier alpha value is -2.60. The molecule has 0 fully saturated rings. The van der Waals surface area contributed by atoms with Gasteiger partial charge in [0, 0.05) is 23.1 Å². The standard InChI is InChI=1S/C20H10Cl3FN2O2/c21-14-2-1-3-15(22)18(14)20-19-12(6-7-26(20)28)13(9-17(27)25-19)11-5-4-10(24)8-16(11)23/h1-9H,(H,25,27). The first-order valence-electron chi connectivity index (χ1n) is 8.06. The van der Waals surface area contributed by atoms with Gasteiger partial charge in [0.25, 0.3) is 5.69 Å². The van der Waals surface area contributed by atoms with Crippen molar-refractivity contribution in [2.24, 2.45) is 0 Å². The number of nitrogens with one attached hydrogen (secondary N) is 1. The van der Waals surface area contributed by atoms with Crippen LogP contribution in [0.3, 0.4) is 0 Å². The fraction of sp³-hybridized carbons (Fsp3) is 0. The largest absolute Gasteiger partial charge is 0.618 e. The van der Waals surface area contributed by atoms with Gasteiger partial charge in [-0.05, 0) is 35.9 Å². The van der Waals surface area contributed by atoms with Crippen LogP contribution in [0, 0.1) is 11.0 Å². The summed E-state index contributed by atoms with van der Waals surface area (Å²) in [5, 5.41) is 13.8. The number of benzene rings is 2. The summed E-state index contributed by atoms with van der Waals surface area (Å²) >= 11 is 18.8. The van der Waals surface area contributed by atoms with Crippen molar-refractivity contribution in [3.05, 3.63) is 91.2 Å². The number of H-pyrrole nitrogens is 1. The molecule has 0 unspecified atom stereocenters. The number of fused-ring (bicyclic) bond motifs is 1. The Morgan fingerprint density at radius 3 is 2.32 bits per heavy atom. The third-order valence-electron chi connectivity index (χ3n) is 4.34. The van der Waals surface area contributed by atoms with Crippen LogP contribution in [-0.2, 0) is 0 Å². The average molecular weight is 436 g/mol. The van der Waals surface area contributed by atoms with Crippen LogP contribution >= 0.6 is 34.8 Å². The molecule has 0 saturated heterocycles. The minimum Gasteiger partial charge on any atom is -0.618 e. The van der Waals surface area contributed by atoms with E-state index in [9.17, 15) is 14.4 Å². The molecule has 0 bridgehead atoms. The molecule has 0 aliphatic rings. The summed E-state index contributed by atoms with van der Waals surface area (Å²) < 4.78 is 14.0. The van der Waals surface area contributed by atoms with Crippen LogP contribution < -0.4 is 10.3 Å². The molecule has 4 rings (SSSR count). The first-order valence-corrected chi connectivity index (χ1v) is 9.19. The molecule has 0 amide bonds. The summed E-state index contributed by atoms with van der Waals surface area (Å²) in [6, 6.07) is 11.6. The number of hydrogen-bond acceptors (Lipinski definition) is 2. The molecule has 2 aromatic carbocycles. The zero-order chi connectivity index (χ0) is 20.0. The van der Waals surface area contributed by atoms with Gasteiger partial charge in [-0.2, -0.15) is 4.73 Å². The second kappa shape index (κ2) is 7.09. The molecular formula is C20H10Cl3FN2O2. The van der Waals surface area contributed by atoms with Gasteiger partial charge in [-0.1, -0.05) is 40.9 Å². The van der Waals surface area contributed by atoms with Crippen molar-refractivity contribution in [1.82, 2.24) is 4.98 Å². The lowest BCUT2D eigenvalue weighted by Crippen LogP contribution is -2.29. The lowest BCUT2D eigenvalue weighted by atomic mass is 9.99. The molecule has 1 N–H and O–H groups in total. The zero-order valence-electron chi connectivity index (χ0n) is 14.0. The fourth-order valence-corrected chi connectivity index (χ4v) is 3.99. The van der Waals surface area contributed by atoms with Crippen molar-refractivity contribution >= 4 is 45.7 Å². The van der Waals surface area contributed by atoms with Gasteiger partial charge < -0.3 is 10.2 Å². The van der Waals surface area contributed by atoms with E-state index >= 15 is 0 Å². The van der Waals surface area contributed by atoms with Crippen molar-refractivity contribution in [3.63, 3.8) is 0 Å². The molecule has 4 nitrogen and oxygen atoms in total. The van der Waals surface area contributed by atoms with E-state index in [1.165, 1.54) is 24.4 Å². The summed E-state index contributed by atoms with van der Waals surface area (Å²) in [6.07, 6.45) is 1.29. The highest BCUT2D eigenvalue weighted by Gasteiger charge is 2.23. The van der Waals surface area contributed by atoms with E-state index in [1.807, 2.05) is 0 Å². The maximum absolute atomic E-state index is 13.5. The number of pyridine rings is 2. The molecule has 2 aromatic heterocycles. The molecule has 0 atom stereocenters. The van der Waals surface area contributed by atoms with Crippen LogP contribution in [0.15, 0.2) is 59.5 Å². The highest BCUT2D eigenvalue weighted by Crippen LogP contribution is 2.38. The molecule has 0 aliphatic heterocycles. The van der Waals surface area contributed by atoms with Crippen molar-refractivity contribution in [2.45, 2.75) is 0 Å². The molecule has 2 heterocycles. The van der Waals surface area contributed by atoms with Gasteiger partial charge in [0.15, 0.2) is 6.20 Å². The van der Waals surface area contributed by atoms with Crippen LogP contribution in [-0.4, -0.2) is 4.98 Å². The minimum atomic E-state index is -0.496. The van der Waals surface area contributed by atoms with E-state index < -0.39 is 11.4 Å². The van der Waals surface area contributed by atoms with Crippen LogP contribution in [0.1, 0.15) is 0 Å². The normalized spacial score (nSPS) is 11.1. The Morgan fingerprint density at radius 2 is 1.64 bits per heavy atom. The number of nitrogens with zero attached hydrogens (tertiary/aromatic N) is 1. The summed E-state index contributed by atoms with van der Waals surface area (Å²) in [7, 11) is 0. The molecular weight excluding hydrogens is 426 g/mol. The smallest absolute Gasteiger partial charge is 0.251 e. The molecule has 0 radical (unpaired) electrons. The van der Waals surface area contributed by atoms with Gasteiger partial charge in [0.2, 0.25) is 5.56 Å². The van der Waals surface area contributed by atoms with Crippen molar-refractivity contribution in [2.75, 3.05) is 0 Å². The Bertz CT molecular complexity index is 1280. The Labute approximate surface area is 173 Å². The lowest BCUT2D eigenvalue weighted by molar-refractivity contribution is -0.592. The third kappa shape index (κ3) is 3.11. The van der Waals surface area contributed by atoms with Gasteiger partial charge in [-0.25, -0.2) is 4.39 Å². The molecule has 28 heavy (non-hydrogen) atoms. The Balaban J connectivity index is 2.14. The van der Waals surface area contributed by atoms with E-state index in [2.05, 4.69) is 4.98 Å². The van der Waals surface area contributed by atoms with E-state index in [0.717, 1.165) is 6.07 Å². The summed E-state index contributed by atoms with van der Waals surface area (Å²) in [4.78, 5) is 15.1. The minimum absolute atomic E-state index is 0.102. The maximum Gasteiger partial charge on any atom is 0.251 e. The number of rotatable bonds is 2. The first kappa shape index (κ1) is 18.7. The third-order valence-corrected chi connectivity index (χ3v) is 5.28. The van der Waals surface area contributed by atoms with Gasteiger partial charge in [-0.15, -0.1) is 0 Å². The Morgan fingerprint density at radius 1 is 0.929 bits per heavy atom. The maximum atomic E-state index is 13.5. The molecule has 8 heteroatoms. The van der Waals surface area contributed by atoms with Crippen LogP contribution in [0.5, 0.6) is 0 Å². The Kier molecular flexibility index (Phi) is 4.75. The van der Waals surface area contributed by atoms with Crippen molar-refractivity contribution < 1.29 is 9.12 Å². The highest BCUT2D eigenvalue weighted by molar-refractivity contribution is 6.39. The molecule has 140 valence electrons. The number of halogens is 4. The number of aromatic amines is 1. The van der Waals surface area contributed by atoms with Gasteiger partial charge in [0.05, 0.1) is 20.6 Å². The van der Waals surface area contributed by atoms with E-state index in [1.54, 1.807) is 24.3 Å². The lowest BCUT2D eigenvalue weighted by Gasteiger charge is -2.13. The molecule has 4 aromatic rings. The summed E-state index contributed by atoms with van der Waals surface area (Å²) in [5.41, 5.74) is 1.09. The van der Waals surface area contributed by atoms with Gasteiger partial charge >= 0.3 is 0 Å². The second-order valence-electron chi connectivity index (χ2n) is 6.05.